The van der Waals surface area contributed by atoms with Crippen molar-refractivity contribution in [3.63, 3.8) is 0 Å². The van der Waals surface area contributed by atoms with Crippen molar-refractivity contribution in [3.05, 3.63) is 0 Å². The Morgan fingerprint density at radius 1 is 1.23 bits per heavy atom. The monoisotopic (exact) mass is 193 g/mol. The van der Waals surface area contributed by atoms with E-state index < -0.39 is 24.0 Å². The molecule has 0 radical (unpaired) electrons. The van der Waals surface area contributed by atoms with E-state index in [9.17, 15) is 9.59 Å². The van der Waals surface area contributed by atoms with Crippen LogP contribution in [0.1, 0.15) is 13.8 Å². The van der Waals surface area contributed by atoms with E-state index in [0.717, 1.165) is 0 Å². The second-order valence-electron chi connectivity index (χ2n) is 2.49. The van der Waals surface area contributed by atoms with E-state index in [1.807, 2.05) is 0 Å². The first kappa shape index (κ1) is 14.4. The van der Waals surface area contributed by atoms with Crippen LogP contribution in [0.25, 0.3) is 0 Å². The number of rotatable bonds is 3. The number of aliphatic hydroxyl groups excluding tert-OH is 1. The van der Waals surface area contributed by atoms with Gasteiger partial charge in [0, 0.05) is 6.54 Å². The number of aliphatic carboxylic acids is 2. The lowest BCUT2D eigenvalue weighted by molar-refractivity contribution is -0.145. The summed E-state index contributed by atoms with van der Waals surface area (Å²) in [6.07, 6.45) is -1.23. The van der Waals surface area contributed by atoms with Crippen LogP contribution in [0.5, 0.6) is 0 Å². The van der Waals surface area contributed by atoms with Crippen LogP contribution in [-0.4, -0.2) is 39.9 Å². The van der Waals surface area contributed by atoms with Gasteiger partial charge in [0.25, 0.3) is 0 Å². The molecule has 0 aromatic heterocycles. The summed E-state index contributed by atoms with van der Waals surface area (Å²) in [7, 11) is 0. The van der Waals surface area contributed by atoms with Gasteiger partial charge < -0.3 is 21.1 Å². The Hall–Kier alpha value is -1.14. The molecule has 0 heterocycles. The van der Waals surface area contributed by atoms with Crippen LogP contribution in [-0.2, 0) is 9.59 Å². The smallest absolute Gasteiger partial charge is 0.332 e. The van der Waals surface area contributed by atoms with E-state index in [1.165, 1.54) is 6.92 Å². The van der Waals surface area contributed by atoms with Crippen LogP contribution < -0.4 is 5.73 Å². The molecule has 0 aliphatic heterocycles. The Balaban J connectivity index is 0. The van der Waals surface area contributed by atoms with Crippen molar-refractivity contribution >= 4 is 11.9 Å². The van der Waals surface area contributed by atoms with E-state index in [0.29, 0.717) is 0 Å². The van der Waals surface area contributed by atoms with Gasteiger partial charge in [0.2, 0.25) is 0 Å². The maximum absolute atomic E-state index is 9.85. The molecule has 0 aromatic rings. The third-order valence-corrected chi connectivity index (χ3v) is 1.13. The van der Waals surface area contributed by atoms with E-state index in [1.54, 1.807) is 6.92 Å². The zero-order chi connectivity index (χ0) is 11.0. The van der Waals surface area contributed by atoms with Gasteiger partial charge in [-0.25, -0.2) is 4.79 Å². The van der Waals surface area contributed by atoms with E-state index >= 15 is 0 Å². The number of aliphatic hydroxyl groups is 1. The molecule has 6 nitrogen and oxygen atoms in total. The molecule has 5 N–H and O–H groups in total. The van der Waals surface area contributed by atoms with Crippen LogP contribution >= 0.6 is 0 Å². The average molecular weight is 193 g/mol. The zero-order valence-electron chi connectivity index (χ0n) is 7.60. The molecule has 0 amide bonds. The molecule has 13 heavy (non-hydrogen) atoms. The topological polar surface area (TPSA) is 121 Å². The van der Waals surface area contributed by atoms with Crippen molar-refractivity contribution in [1.82, 2.24) is 0 Å². The van der Waals surface area contributed by atoms with E-state index in [-0.39, 0.29) is 6.54 Å². The molecule has 2 atom stereocenters. The van der Waals surface area contributed by atoms with Gasteiger partial charge in [-0.05, 0) is 6.92 Å². The number of nitrogens with two attached hydrogens (primary N) is 1. The Bertz CT molecular complexity index is 168. The molecule has 0 aliphatic carbocycles. The molecule has 2 unspecified atom stereocenters. The standard InChI is InChI=1S/C4H9NO2.C3H6O3/c1-3(2-5)4(6)7;1-2(4)3(5)6/h3H,2,5H2,1H3,(H,6,7);2,4H,1H3,(H,5,6). The van der Waals surface area contributed by atoms with Crippen molar-refractivity contribution in [2.45, 2.75) is 20.0 Å². The molecule has 6 heteroatoms. The summed E-state index contributed by atoms with van der Waals surface area (Å²) < 4.78 is 0. The molecule has 0 saturated heterocycles. The fraction of sp³-hybridized carbons (Fsp3) is 0.714. The molecule has 0 rings (SSSR count). The number of hydrogen-bond acceptors (Lipinski definition) is 4. The molecule has 0 fully saturated rings. The highest BCUT2D eigenvalue weighted by atomic mass is 16.4. The lowest BCUT2D eigenvalue weighted by atomic mass is 10.2. The summed E-state index contributed by atoms with van der Waals surface area (Å²) in [6.45, 7) is 2.99. The Morgan fingerprint density at radius 2 is 1.54 bits per heavy atom. The van der Waals surface area contributed by atoms with Crippen LogP contribution in [0.2, 0.25) is 0 Å². The summed E-state index contributed by atoms with van der Waals surface area (Å²) in [5.41, 5.74) is 4.99. The Kier molecular flexibility index (Phi) is 8.31. The van der Waals surface area contributed by atoms with Crippen molar-refractivity contribution in [2.24, 2.45) is 11.7 Å². The lowest BCUT2D eigenvalue weighted by Crippen LogP contribution is -2.19. The van der Waals surface area contributed by atoms with Gasteiger partial charge in [0.05, 0.1) is 5.92 Å². The summed E-state index contributed by atoms with van der Waals surface area (Å²) in [6, 6.07) is 0. The van der Waals surface area contributed by atoms with Crippen molar-refractivity contribution in [1.29, 1.82) is 0 Å². The maximum Gasteiger partial charge on any atom is 0.332 e. The van der Waals surface area contributed by atoms with Gasteiger partial charge in [0.1, 0.15) is 6.10 Å². The number of hydrogen-bond donors (Lipinski definition) is 4. The predicted octanol–water partition coefficient (Wildman–Crippen LogP) is -0.882. The summed E-state index contributed by atoms with van der Waals surface area (Å²) in [5, 5.41) is 23.9. The maximum atomic E-state index is 9.85. The lowest BCUT2D eigenvalue weighted by Gasteiger charge is -1.96. The highest BCUT2D eigenvalue weighted by molar-refractivity contribution is 5.71. The minimum atomic E-state index is -1.23. The normalized spacial score (nSPS) is 13.5. The predicted molar refractivity (Wildman–Crippen MR) is 45.2 cm³/mol. The molecular weight excluding hydrogens is 178 g/mol. The van der Waals surface area contributed by atoms with Gasteiger partial charge in [-0.2, -0.15) is 0 Å². The highest BCUT2D eigenvalue weighted by Crippen LogP contribution is 1.87. The van der Waals surface area contributed by atoms with Gasteiger partial charge in [-0.3, -0.25) is 4.79 Å². The molecule has 0 spiro atoms. The van der Waals surface area contributed by atoms with Gasteiger partial charge in [-0.1, -0.05) is 6.92 Å². The number of carboxylic acids is 2. The summed E-state index contributed by atoms with van der Waals surface area (Å²) >= 11 is 0. The third-order valence-electron chi connectivity index (χ3n) is 1.13. The largest absolute Gasteiger partial charge is 0.481 e. The zero-order valence-corrected chi connectivity index (χ0v) is 7.60. The Morgan fingerprint density at radius 3 is 1.54 bits per heavy atom. The minimum Gasteiger partial charge on any atom is -0.481 e. The first-order chi connectivity index (χ1) is 5.82. The van der Waals surface area contributed by atoms with Crippen molar-refractivity contribution < 1.29 is 24.9 Å². The van der Waals surface area contributed by atoms with Crippen LogP contribution in [0.4, 0.5) is 0 Å². The molecular formula is C7H15NO5. The number of carbonyl (C=O) groups is 2. The second-order valence-corrected chi connectivity index (χ2v) is 2.49. The SMILES string of the molecule is CC(CN)C(=O)O.CC(O)C(=O)O. The van der Waals surface area contributed by atoms with Crippen molar-refractivity contribution in [2.75, 3.05) is 6.54 Å². The Labute approximate surface area is 76.0 Å². The van der Waals surface area contributed by atoms with Gasteiger partial charge >= 0.3 is 11.9 Å². The molecule has 0 aromatic carbocycles. The highest BCUT2D eigenvalue weighted by Gasteiger charge is 2.05. The van der Waals surface area contributed by atoms with Crippen LogP contribution in [0.3, 0.4) is 0 Å². The quantitative estimate of drug-likeness (QED) is 0.461. The van der Waals surface area contributed by atoms with E-state index in [4.69, 9.17) is 21.1 Å². The first-order valence-electron chi connectivity index (χ1n) is 3.66. The molecule has 78 valence electrons. The number of carboxylic acid groups (broad SMARTS) is 2. The third kappa shape index (κ3) is 10.9. The average Bonchev–Trinajstić information content (AvgIpc) is 2.03. The fourth-order valence-electron chi connectivity index (χ4n) is 0.101. The van der Waals surface area contributed by atoms with Gasteiger partial charge in [0.15, 0.2) is 0 Å². The van der Waals surface area contributed by atoms with Crippen molar-refractivity contribution in [3.8, 4) is 0 Å². The molecule has 0 bridgehead atoms. The van der Waals surface area contributed by atoms with Gasteiger partial charge in [-0.15, -0.1) is 0 Å². The fourth-order valence-corrected chi connectivity index (χ4v) is 0.101. The van der Waals surface area contributed by atoms with Crippen LogP contribution in [0, 0.1) is 5.92 Å². The van der Waals surface area contributed by atoms with E-state index in [2.05, 4.69) is 0 Å². The minimum absolute atomic E-state index is 0.218. The molecule has 0 aliphatic rings. The summed E-state index contributed by atoms with van der Waals surface area (Å²) in [4.78, 5) is 19.3. The van der Waals surface area contributed by atoms with Crippen LogP contribution in [0.15, 0.2) is 0 Å². The first-order valence-corrected chi connectivity index (χ1v) is 3.66. The molecule has 0 saturated carbocycles. The second kappa shape index (κ2) is 7.51. The summed E-state index contributed by atoms with van der Waals surface area (Å²) in [5.74, 6) is -2.42.